The highest BCUT2D eigenvalue weighted by Crippen LogP contribution is 2.20. The van der Waals surface area contributed by atoms with E-state index in [1.54, 1.807) is 0 Å². The van der Waals surface area contributed by atoms with Crippen LogP contribution in [0.5, 0.6) is 0 Å². The summed E-state index contributed by atoms with van der Waals surface area (Å²) in [5.74, 6) is 2.23. The summed E-state index contributed by atoms with van der Waals surface area (Å²) >= 11 is 0. The molecule has 2 aromatic rings. The van der Waals surface area contributed by atoms with Crippen molar-refractivity contribution in [2.24, 2.45) is 7.05 Å². The topological polar surface area (TPSA) is 58.9 Å². The Kier molecular flexibility index (Phi) is 4.90. The zero-order chi connectivity index (χ0) is 15.4. The molecule has 0 aromatic carbocycles. The van der Waals surface area contributed by atoms with Crippen LogP contribution in [-0.4, -0.2) is 33.6 Å². The van der Waals surface area contributed by atoms with E-state index in [9.17, 15) is 0 Å². The van der Waals surface area contributed by atoms with Gasteiger partial charge in [0, 0.05) is 39.0 Å². The first kappa shape index (κ1) is 15.4. The molecule has 0 atom stereocenters. The largest absolute Gasteiger partial charge is 0.364 e. The molecule has 21 heavy (non-hydrogen) atoms. The lowest BCUT2D eigenvalue weighted by atomic mass is 10.2. The summed E-state index contributed by atoms with van der Waals surface area (Å²) in [6.45, 7) is 5.67. The minimum Gasteiger partial charge on any atom is -0.364 e. The maximum Gasteiger partial charge on any atom is 0.131 e. The van der Waals surface area contributed by atoms with Gasteiger partial charge >= 0.3 is 0 Å². The van der Waals surface area contributed by atoms with Gasteiger partial charge < -0.3 is 14.8 Å². The summed E-state index contributed by atoms with van der Waals surface area (Å²) in [7, 11) is 5.98. The Morgan fingerprint density at radius 1 is 1.33 bits per heavy atom. The molecule has 6 nitrogen and oxygen atoms in total. The molecule has 0 radical (unpaired) electrons. The Balaban J connectivity index is 2.26. The van der Waals surface area contributed by atoms with E-state index in [4.69, 9.17) is 4.98 Å². The van der Waals surface area contributed by atoms with E-state index in [0.29, 0.717) is 5.92 Å². The zero-order valence-electron chi connectivity index (χ0n) is 13.5. The molecule has 6 heteroatoms. The molecule has 0 aliphatic rings. The summed E-state index contributed by atoms with van der Waals surface area (Å²) in [5.41, 5.74) is 2.06. The molecule has 0 amide bonds. The number of aromatic nitrogens is 4. The highest BCUT2D eigenvalue weighted by atomic mass is 15.2. The number of anilines is 1. The first-order valence-electron chi connectivity index (χ1n) is 7.20. The van der Waals surface area contributed by atoms with Crippen LogP contribution in [-0.2, 0) is 20.1 Å². The molecule has 0 bridgehead atoms. The lowest BCUT2D eigenvalue weighted by Crippen LogP contribution is -2.23. The number of nitrogens with one attached hydrogen (secondary N) is 1. The van der Waals surface area contributed by atoms with Crippen LogP contribution >= 0.6 is 0 Å². The van der Waals surface area contributed by atoms with E-state index in [-0.39, 0.29) is 0 Å². The number of hydrogen-bond donors (Lipinski definition) is 1. The molecule has 2 heterocycles. The number of aryl methyl sites for hydroxylation is 1. The SMILES string of the molecule is CNCc1nc(C(C)C)ncc1N(C)Cc1nccn1C. The molecule has 0 saturated heterocycles. The van der Waals surface area contributed by atoms with E-state index >= 15 is 0 Å². The van der Waals surface area contributed by atoms with Crippen molar-refractivity contribution in [3.63, 3.8) is 0 Å². The number of nitrogens with zero attached hydrogens (tertiary/aromatic N) is 5. The minimum atomic E-state index is 0.328. The van der Waals surface area contributed by atoms with E-state index in [0.717, 1.165) is 36.1 Å². The summed E-state index contributed by atoms with van der Waals surface area (Å²) < 4.78 is 2.03. The summed E-state index contributed by atoms with van der Waals surface area (Å²) in [6.07, 6.45) is 5.68. The number of imidazole rings is 1. The molecule has 2 aromatic heterocycles. The smallest absolute Gasteiger partial charge is 0.131 e. The maximum atomic E-state index is 4.69. The van der Waals surface area contributed by atoms with Crippen LogP contribution in [0.4, 0.5) is 5.69 Å². The van der Waals surface area contributed by atoms with Crippen molar-refractivity contribution in [3.8, 4) is 0 Å². The van der Waals surface area contributed by atoms with Gasteiger partial charge in [0.2, 0.25) is 0 Å². The molecule has 0 spiro atoms. The van der Waals surface area contributed by atoms with Gasteiger partial charge in [-0.3, -0.25) is 0 Å². The van der Waals surface area contributed by atoms with Crippen molar-refractivity contribution in [2.45, 2.75) is 32.9 Å². The standard InChI is InChI=1S/C15H24N6/c1-11(2)15-18-9-13(12(19-15)8-16-3)21(5)10-14-17-6-7-20(14)4/h6-7,9,11,16H,8,10H2,1-5H3. The van der Waals surface area contributed by atoms with Crippen molar-refractivity contribution in [3.05, 3.63) is 35.9 Å². The Bertz CT molecular complexity index is 590. The number of rotatable bonds is 6. The predicted molar refractivity (Wildman–Crippen MR) is 84.2 cm³/mol. The van der Waals surface area contributed by atoms with Crippen molar-refractivity contribution >= 4 is 5.69 Å². The Hall–Kier alpha value is -1.95. The molecular weight excluding hydrogens is 264 g/mol. The van der Waals surface area contributed by atoms with Gasteiger partial charge in [0.1, 0.15) is 11.6 Å². The van der Waals surface area contributed by atoms with Crippen LogP contribution in [0, 0.1) is 0 Å². The quantitative estimate of drug-likeness (QED) is 0.876. The van der Waals surface area contributed by atoms with E-state index in [2.05, 4.69) is 34.0 Å². The molecule has 0 fully saturated rings. The minimum absolute atomic E-state index is 0.328. The van der Waals surface area contributed by atoms with Crippen LogP contribution < -0.4 is 10.2 Å². The van der Waals surface area contributed by atoms with Crippen LogP contribution in [0.25, 0.3) is 0 Å². The van der Waals surface area contributed by atoms with Gasteiger partial charge in [-0.15, -0.1) is 0 Å². The van der Waals surface area contributed by atoms with Crippen LogP contribution in [0.3, 0.4) is 0 Å². The predicted octanol–water partition coefficient (Wildman–Crippen LogP) is 1.69. The fourth-order valence-electron chi connectivity index (χ4n) is 2.17. The van der Waals surface area contributed by atoms with Gasteiger partial charge in [-0.2, -0.15) is 0 Å². The highest BCUT2D eigenvalue weighted by Gasteiger charge is 2.14. The summed E-state index contributed by atoms with van der Waals surface area (Å²) in [5, 5.41) is 3.18. The van der Waals surface area contributed by atoms with Gasteiger partial charge in [-0.25, -0.2) is 15.0 Å². The molecule has 114 valence electrons. The maximum absolute atomic E-state index is 4.69. The molecule has 2 rings (SSSR count). The van der Waals surface area contributed by atoms with Gasteiger partial charge in [0.15, 0.2) is 0 Å². The molecule has 1 N–H and O–H groups in total. The first-order chi connectivity index (χ1) is 10.0. The molecule has 0 unspecified atom stereocenters. The summed E-state index contributed by atoms with van der Waals surface area (Å²) in [6, 6.07) is 0. The van der Waals surface area contributed by atoms with Crippen molar-refractivity contribution < 1.29 is 0 Å². The third-order valence-corrected chi connectivity index (χ3v) is 3.44. The fourth-order valence-corrected chi connectivity index (χ4v) is 2.17. The van der Waals surface area contributed by atoms with Crippen LogP contribution in [0.1, 0.15) is 37.1 Å². The molecule has 0 aliphatic carbocycles. The second-order valence-electron chi connectivity index (χ2n) is 5.56. The van der Waals surface area contributed by atoms with E-state index in [1.807, 2.05) is 44.3 Å². The summed E-state index contributed by atoms with van der Waals surface area (Å²) in [4.78, 5) is 15.7. The monoisotopic (exact) mass is 288 g/mol. The van der Waals surface area contributed by atoms with Gasteiger partial charge in [0.05, 0.1) is 24.1 Å². The first-order valence-corrected chi connectivity index (χ1v) is 7.20. The van der Waals surface area contributed by atoms with Crippen molar-refractivity contribution in [1.82, 2.24) is 24.8 Å². The van der Waals surface area contributed by atoms with E-state index < -0.39 is 0 Å². The molecule has 0 saturated carbocycles. The molecular formula is C15H24N6. The van der Waals surface area contributed by atoms with E-state index in [1.165, 1.54) is 0 Å². The third-order valence-electron chi connectivity index (χ3n) is 3.44. The van der Waals surface area contributed by atoms with Crippen molar-refractivity contribution in [2.75, 3.05) is 19.0 Å². The van der Waals surface area contributed by atoms with Gasteiger partial charge in [0.25, 0.3) is 0 Å². The lowest BCUT2D eigenvalue weighted by Gasteiger charge is -2.22. The average molecular weight is 288 g/mol. The fraction of sp³-hybridized carbons (Fsp3) is 0.533. The normalized spacial score (nSPS) is 11.1. The molecule has 0 aliphatic heterocycles. The average Bonchev–Trinajstić information content (AvgIpc) is 2.84. The van der Waals surface area contributed by atoms with Crippen LogP contribution in [0.2, 0.25) is 0 Å². The Morgan fingerprint density at radius 2 is 2.10 bits per heavy atom. The number of hydrogen-bond acceptors (Lipinski definition) is 5. The van der Waals surface area contributed by atoms with Crippen molar-refractivity contribution in [1.29, 1.82) is 0 Å². The highest BCUT2D eigenvalue weighted by molar-refractivity contribution is 5.48. The second-order valence-corrected chi connectivity index (χ2v) is 5.56. The van der Waals surface area contributed by atoms with Gasteiger partial charge in [-0.05, 0) is 7.05 Å². The third kappa shape index (κ3) is 3.58. The zero-order valence-corrected chi connectivity index (χ0v) is 13.5. The second kappa shape index (κ2) is 6.67. The van der Waals surface area contributed by atoms with Crippen LogP contribution in [0.15, 0.2) is 18.6 Å². The Morgan fingerprint density at radius 3 is 2.67 bits per heavy atom. The lowest BCUT2D eigenvalue weighted by molar-refractivity contribution is 0.709. The Labute approximate surface area is 126 Å². The van der Waals surface area contributed by atoms with Gasteiger partial charge in [-0.1, -0.05) is 13.8 Å².